The highest BCUT2D eigenvalue weighted by molar-refractivity contribution is 5.31. The Morgan fingerprint density at radius 1 is 1.12 bits per heavy atom. The fraction of sp³-hybridized carbons (Fsp3) is 0.647. The van der Waals surface area contributed by atoms with Crippen molar-refractivity contribution >= 4 is 0 Å². The Hall–Kier alpha value is -1.15. The third-order valence-electron chi connectivity index (χ3n) is 4.28. The number of aliphatic hydroxyl groups is 1. The maximum Gasteiger partial charge on any atom is 0.416 e. The molecule has 0 unspecified atom stereocenters. The summed E-state index contributed by atoms with van der Waals surface area (Å²) < 4.78 is 44.5. The summed E-state index contributed by atoms with van der Waals surface area (Å²) in [5.41, 5.74) is -0.809. The second-order valence-corrected chi connectivity index (χ2v) is 5.94. The number of alkyl halides is 3. The Balaban J connectivity index is 1.87. The first-order valence-electron chi connectivity index (χ1n) is 8.28. The van der Waals surface area contributed by atoms with E-state index in [1.54, 1.807) is 0 Å². The normalized spacial score (nSPS) is 18.7. The molecule has 1 aliphatic rings. The van der Waals surface area contributed by atoms with E-state index in [-0.39, 0.29) is 12.1 Å². The average molecular weight is 346 g/mol. The fourth-order valence-corrected chi connectivity index (χ4v) is 2.92. The number of halogens is 3. The van der Waals surface area contributed by atoms with Crippen LogP contribution < -0.4 is 0 Å². The van der Waals surface area contributed by atoms with E-state index in [9.17, 15) is 18.3 Å². The van der Waals surface area contributed by atoms with E-state index in [1.165, 1.54) is 18.2 Å². The molecule has 7 heteroatoms. The molecule has 1 aliphatic heterocycles. The number of β-amino-alcohol motifs (C(OH)–C–C–N with tert-alkyl or cyclic N) is 1. The van der Waals surface area contributed by atoms with Crippen LogP contribution in [-0.4, -0.2) is 67.4 Å². The molecule has 1 fully saturated rings. The van der Waals surface area contributed by atoms with Gasteiger partial charge in [0.2, 0.25) is 0 Å². The number of ether oxygens (including phenoxy) is 1. The van der Waals surface area contributed by atoms with Crippen molar-refractivity contribution in [2.24, 2.45) is 0 Å². The summed E-state index contributed by atoms with van der Waals surface area (Å²) in [7, 11) is 0. The lowest BCUT2D eigenvalue weighted by Crippen LogP contribution is -2.48. The summed E-state index contributed by atoms with van der Waals surface area (Å²) in [5, 5.41) is 10.3. The molecule has 1 aromatic rings. The molecule has 136 valence electrons. The molecule has 4 nitrogen and oxygen atoms in total. The molecule has 0 spiro atoms. The smallest absolute Gasteiger partial charge is 0.387 e. The number of rotatable bonds is 7. The van der Waals surface area contributed by atoms with Gasteiger partial charge in [-0.15, -0.1) is 0 Å². The maximum atomic E-state index is 13.0. The highest BCUT2D eigenvalue weighted by Gasteiger charge is 2.35. The molecule has 2 rings (SSSR count). The minimum absolute atomic E-state index is 0.0521. The molecule has 1 aromatic carbocycles. The third-order valence-corrected chi connectivity index (χ3v) is 4.28. The van der Waals surface area contributed by atoms with Gasteiger partial charge in [-0.05, 0) is 18.6 Å². The molecule has 0 amide bonds. The standard InChI is InChI=1S/C17H25F3N2O2/c1-2-24-12-11-21-7-9-22(10-8-21)13-16(23)14-5-3-4-6-15(14)17(18,19)20/h3-6,16,23H,2,7-13H2,1H3/t16-/m0/s1. The van der Waals surface area contributed by atoms with E-state index < -0.39 is 17.8 Å². The second-order valence-electron chi connectivity index (χ2n) is 5.94. The van der Waals surface area contributed by atoms with Gasteiger partial charge in [0.1, 0.15) is 0 Å². The van der Waals surface area contributed by atoms with Crippen LogP contribution in [0.1, 0.15) is 24.2 Å². The summed E-state index contributed by atoms with van der Waals surface area (Å²) >= 11 is 0. The van der Waals surface area contributed by atoms with Crippen molar-refractivity contribution in [2.45, 2.75) is 19.2 Å². The van der Waals surface area contributed by atoms with E-state index in [1.807, 2.05) is 11.8 Å². The quantitative estimate of drug-likeness (QED) is 0.769. The van der Waals surface area contributed by atoms with Crippen molar-refractivity contribution in [3.63, 3.8) is 0 Å². The van der Waals surface area contributed by atoms with E-state index in [0.29, 0.717) is 13.2 Å². The molecule has 0 bridgehead atoms. The summed E-state index contributed by atoms with van der Waals surface area (Å²) in [6.45, 7) is 7.56. The predicted octanol–water partition coefficient (Wildman–Crippen LogP) is 2.39. The van der Waals surface area contributed by atoms with Crippen LogP contribution in [0.2, 0.25) is 0 Å². The van der Waals surface area contributed by atoms with Crippen LogP contribution in [0.25, 0.3) is 0 Å². The first-order valence-corrected chi connectivity index (χ1v) is 8.28. The van der Waals surface area contributed by atoms with E-state index in [2.05, 4.69) is 4.90 Å². The zero-order valence-corrected chi connectivity index (χ0v) is 13.9. The van der Waals surface area contributed by atoms with Gasteiger partial charge in [-0.1, -0.05) is 18.2 Å². The van der Waals surface area contributed by atoms with E-state index in [0.717, 1.165) is 38.8 Å². The van der Waals surface area contributed by atoms with Gasteiger partial charge < -0.3 is 9.84 Å². The van der Waals surface area contributed by atoms with Crippen molar-refractivity contribution in [3.05, 3.63) is 35.4 Å². The number of benzene rings is 1. The second kappa shape index (κ2) is 8.80. The first-order chi connectivity index (χ1) is 11.4. The number of hydrogen-bond donors (Lipinski definition) is 1. The van der Waals surface area contributed by atoms with Crippen LogP contribution in [0.15, 0.2) is 24.3 Å². The van der Waals surface area contributed by atoms with Gasteiger partial charge >= 0.3 is 6.18 Å². The number of hydrogen-bond acceptors (Lipinski definition) is 4. The average Bonchev–Trinajstić information content (AvgIpc) is 2.56. The molecule has 1 N–H and O–H groups in total. The SMILES string of the molecule is CCOCCN1CCN(C[C@H](O)c2ccccc2C(F)(F)F)CC1. The summed E-state index contributed by atoms with van der Waals surface area (Å²) in [4.78, 5) is 4.28. The van der Waals surface area contributed by atoms with Gasteiger partial charge in [-0.2, -0.15) is 13.2 Å². The molecular formula is C17H25F3N2O2. The van der Waals surface area contributed by atoms with Gasteiger partial charge in [0.15, 0.2) is 0 Å². The van der Waals surface area contributed by atoms with Crippen molar-refractivity contribution in [3.8, 4) is 0 Å². The minimum atomic E-state index is -4.45. The molecule has 0 aliphatic carbocycles. The van der Waals surface area contributed by atoms with Crippen LogP contribution >= 0.6 is 0 Å². The molecule has 0 aromatic heterocycles. The highest BCUT2D eigenvalue weighted by Crippen LogP contribution is 2.34. The van der Waals surface area contributed by atoms with Crippen molar-refractivity contribution < 1.29 is 23.0 Å². The van der Waals surface area contributed by atoms with Crippen molar-refractivity contribution in [2.75, 3.05) is 52.5 Å². The predicted molar refractivity (Wildman–Crippen MR) is 85.8 cm³/mol. The zero-order valence-electron chi connectivity index (χ0n) is 13.9. The van der Waals surface area contributed by atoms with E-state index in [4.69, 9.17) is 4.74 Å². The fourth-order valence-electron chi connectivity index (χ4n) is 2.92. The Morgan fingerprint density at radius 2 is 1.75 bits per heavy atom. The zero-order chi connectivity index (χ0) is 17.6. The molecule has 1 atom stereocenters. The third kappa shape index (κ3) is 5.44. The molecule has 0 saturated carbocycles. The summed E-state index contributed by atoms with van der Waals surface area (Å²) in [5.74, 6) is 0. The molecule has 24 heavy (non-hydrogen) atoms. The topological polar surface area (TPSA) is 35.9 Å². The lowest BCUT2D eigenvalue weighted by atomic mass is 10.0. The van der Waals surface area contributed by atoms with Crippen LogP contribution in [0.5, 0.6) is 0 Å². The molecule has 1 saturated heterocycles. The van der Waals surface area contributed by atoms with Gasteiger partial charge in [0.05, 0.1) is 18.3 Å². The monoisotopic (exact) mass is 346 g/mol. The lowest BCUT2D eigenvalue weighted by Gasteiger charge is -2.35. The van der Waals surface area contributed by atoms with Gasteiger partial charge in [-0.3, -0.25) is 9.80 Å². The number of nitrogens with zero attached hydrogens (tertiary/aromatic N) is 2. The van der Waals surface area contributed by atoms with Crippen LogP contribution in [0, 0.1) is 0 Å². The Bertz CT molecular complexity index is 503. The van der Waals surface area contributed by atoms with Crippen molar-refractivity contribution in [1.82, 2.24) is 9.80 Å². The van der Waals surface area contributed by atoms with E-state index >= 15 is 0 Å². The van der Waals surface area contributed by atoms with Gasteiger partial charge in [-0.25, -0.2) is 0 Å². The van der Waals surface area contributed by atoms with Crippen molar-refractivity contribution in [1.29, 1.82) is 0 Å². The van der Waals surface area contributed by atoms with Crippen LogP contribution in [0.4, 0.5) is 13.2 Å². The molecular weight excluding hydrogens is 321 g/mol. The van der Waals surface area contributed by atoms with Gasteiger partial charge in [0, 0.05) is 45.9 Å². The summed E-state index contributed by atoms with van der Waals surface area (Å²) in [6, 6.07) is 5.24. The Kier molecular flexibility index (Phi) is 7.03. The summed E-state index contributed by atoms with van der Waals surface area (Å²) in [6.07, 6.45) is -5.59. The maximum absolute atomic E-state index is 13.0. The molecule has 0 radical (unpaired) electrons. The Morgan fingerprint density at radius 3 is 2.38 bits per heavy atom. The number of piperazine rings is 1. The lowest BCUT2D eigenvalue weighted by molar-refractivity contribution is -0.139. The first kappa shape index (κ1) is 19.2. The van der Waals surface area contributed by atoms with Crippen LogP contribution in [0.3, 0.4) is 0 Å². The largest absolute Gasteiger partial charge is 0.416 e. The Labute approximate surface area is 140 Å². The van der Waals surface area contributed by atoms with Gasteiger partial charge in [0.25, 0.3) is 0 Å². The highest BCUT2D eigenvalue weighted by atomic mass is 19.4. The van der Waals surface area contributed by atoms with Crippen LogP contribution in [-0.2, 0) is 10.9 Å². The minimum Gasteiger partial charge on any atom is -0.387 e. The molecule has 1 heterocycles. The number of aliphatic hydroxyl groups excluding tert-OH is 1.